The molecule has 0 amide bonds. The zero-order chi connectivity index (χ0) is 22.1. The Labute approximate surface area is 211 Å². The van der Waals surface area contributed by atoms with Crippen LogP contribution in [0.4, 0.5) is 0 Å². The van der Waals surface area contributed by atoms with Crippen LogP contribution in [0.2, 0.25) is 0 Å². The van der Waals surface area contributed by atoms with Crippen LogP contribution in [0, 0.1) is 13.8 Å². The second-order valence-electron chi connectivity index (χ2n) is 6.87. The molecule has 4 aromatic carbocycles. The number of aryl methyl sites for hydroxylation is 2. The van der Waals surface area contributed by atoms with Crippen molar-refractivity contribution in [2.24, 2.45) is 0 Å². The quantitative estimate of drug-likeness (QED) is 0.318. The molecular weight excluding hydrogens is 464 g/mol. The van der Waals surface area contributed by atoms with E-state index in [4.69, 9.17) is 0 Å². The van der Waals surface area contributed by atoms with Crippen molar-refractivity contribution in [2.75, 3.05) is 0 Å². The van der Waals surface area contributed by atoms with Gasteiger partial charge in [0.05, 0.1) is 9.79 Å². The summed E-state index contributed by atoms with van der Waals surface area (Å²) in [4.78, 5) is -0.299. The van der Waals surface area contributed by atoms with Crippen LogP contribution in [0.5, 0.6) is 0 Å². The minimum absolute atomic E-state index is 0. The van der Waals surface area contributed by atoms with Crippen LogP contribution in [0.25, 0.3) is 21.5 Å². The molecule has 0 aliphatic carbocycles. The van der Waals surface area contributed by atoms with Crippen molar-refractivity contribution in [3.8, 4) is 0 Å². The minimum Gasteiger partial charge on any atom is -0.744 e. The third-order valence-electron chi connectivity index (χ3n) is 4.53. The molecule has 0 spiro atoms. The minimum atomic E-state index is -4.40. The van der Waals surface area contributed by atoms with Crippen molar-refractivity contribution in [2.45, 2.75) is 23.6 Å². The molecule has 0 bridgehead atoms. The Kier molecular flexibility index (Phi) is 8.27. The third-order valence-corrected chi connectivity index (χ3v) is 6.32. The second-order valence-corrected chi connectivity index (χ2v) is 9.57. The molecular formula is C22H18CaO6S2. The van der Waals surface area contributed by atoms with Gasteiger partial charge in [-0.15, -0.1) is 0 Å². The fourth-order valence-corrected chi connectivity index (χ4v) is 4.53. The number of hydrogen-bond acceptors (Lipinski definition) is 6. The Balaban J connectivity index is 0.000000213. The molecule has 0 atom stereocenters. The summed E-state index contributed by atoms with van der Waals surface area (Å²) < 4.78 is 66.0. The van der Waals surface area contributed by atoms with Crippen molar-refractivity contribution in [1.29, 1.82) is 0 Å². The van der Waals surface area contributed by atoms with Gasteiger partial charge in [-0.05, 0) is 47.5 Å². The molecule has 4 aromatic rings. The second kappa shape index (κ2) is 9.95. The molecule has 0 heterocycles. The molecule has 0 saturated heterocycles. The topological polar surface area (TPSA) is 114 Å². The maximum absolute atomic E-state index is 11.0. The van der Waals surface area contributed by atoms with E-state index in [1.807, 2.05) is 26.0 Å². The van der Waals surface area contributed by atoms with E-state index in [9.17, 15) is 25.9 Å². The predicted octanol–water partition coefficient (Wildman–Crippen LogP) is 3.72. The van der Waals surface area contributed by atoms with Gasteiger partial charge in [0.1, 0.15) is 20.2 Å². The Morgan fingerprint density at radius 2 is 0.935 bits per heavy atom. The summed E-state index contributed by atoms with van der Waals surface area (Å²) in [5, 5.41) is 2.51. The SMILES string of the molecule is Cc1ccc2cccc(S(=O)(=O)[O-])c2c1.Cc1ccc2cccc(S(=O)(=O)[O-])c2c1.[Ca+2]. The maximum Gasteiger partial charge on any atom is 2.00 e. The van der Waals surface area contributed by atoms with Crippen molar-refractivity contribution in [1.82, 2.24) is 0 Å². The molecule has 6 nitrogen and oxygen atoms in total. The fourth-order valence-electron chi connectivity index (χ4n) is 3.15. The van der Waals surface area contributed by atoms with Gasteiger partial charge >= 0.3 is 37.7 Å². The predicted molar refractivity (Wildman–Crippen MR) is 119 cm³/mol. The van der Waals surface area contributed by atoms with Gasteiger partial charge in [0.15, 0.2) is 0 Å². The van der Waals surface area contributed by atoms with Crippen molar-refractivity contribution < 1.29 is 25.9 Å². The molecule has 0 aromatic heterocycles. The summed E-state index contributed by atoms with van der Waals surface area (Å²) in [6.45, 7) is 3.71. The van der Waals surface area contributed by atoms with E-state index >= 15 is 0 Å². The molecule has 0 N–H and O–H groups in total. The average molecular weight is 483 g/mol. The fraction of sp³-hybridized carbons (Fsp3) is 0.0909. The van der Waals surface area contributed by atoms with E-state index in [2.05, 4.69) is 0 Å². The van der Waals surface area contributed by atoms with E-state index in [0.717, 1.165) is 21.9 Å². The van der Waals surface area contributed by atoms with Crippen LogP contribution in [0.15, 0.2) is 82.6 Å². The standard InChI is InChI=1S/2C11H10O3S.Ca/c2*1-8-5-6-9-3-2-4-11(10(9)7-8)15(12,13)14;/h2*2-7H,1H3,(H,12,13,14);/q;;+2/p-2. The van der Waals surface area contributed by atoms with Crippen LogP contribution in [-0.2, 0) is 20.2 Å². The summed E-state index contributed by atoms with van der Waals surface area (Å²) in [7, 11) is -8.79. The molecule has 0 aliphatic rings. The van der Waals surface area contributed by atoms with Gasteiger partial charge in [-0.3, -0.25) is 0 Å². The monoisotopic (exact) mass is 482 g/mol. The molecule has 4 rings (SSSR count). The first-order chi connectivity index (χ1) is 14.0. The molecule has 0 saturated carbocycles. The zero-order valence-electron chi connectivity index (χ0n) is 16.9. The largest absolute Gasteiger partial charge is 2.00 e. The van der Waals surface area contributed by atoms with Crippen LogP contribution < -0.4 is 0 Å². The van der Waals surface area contributed by atoms with Gasteiger partial charge in [0.2, 0.25) is 0 Å². The number of benzene rings is 4. The summed E-state index contributed by atoms with van der Waals surface area (Å²) in [6.07, 6.45) is 0. The molecule has 0 radical (unpaired) electrons. The molecule has 9 heteroatoms. The Morgan fingerprint density at radius 3 is 1.26 bits per heavy atom. The van der Waals surface area contributed by atoms with Crippen molar-refractivity contribution in [3.63, 3.8) is 0 Å². The van der Waals surface area contributed by atoms with Crippen LogP contribution >= 0.6 is 0 Å². The molecule has 0 unspecified atom stereocenters. The van der Waals surface area contributed by atoms with E-state index in [-0.39, 0.29) is 47.5 Å². The average Bonchev–Trinajstić information content (AvgIpc) is 2.66. The number of fused-ring (bicyclic) bond motifs is 2. The van der Waals surface area contributed by atoms with E-state index in [0.29, 0.717) is 10.8 Å². The van der Waals surface area contributed by atoms with E-state index in [1.54, 1.807) is 48.5 Å². The van der Waals surface area contributed by atoms with Crippen LogP contribution in [0.3, 0.4) is 0 Å². The maximum atomic E-state index is 11.0. The Morgan fingerprint density at radius 1 is 0.581 bits per heavy atom. The van der Waals surface area contributed by atoms with Crippen LogP contribution in [-0.4, -0.2) is 63.7 Å². The summed E-state index contributed by atoms with van der Waals surface area (Å²) >= 11 is 0. The van der Waals surface area contributed by atoms with Gasteiger partial charge in [-0.2, -0.15) is 0 Å². The summed E-state index contributed by atoms with van der Waals surface area (Å²) in [5.41, 5.74) is 1.86. The van der Waals surface area contributed by atoms with Crippen molar-refractivity contribution in [3.05, 3.63) is 83.9 Å². The number of hydrogen-bond donors (Lipinski definition) is 0. The molecule has 0 aliphatic heterocycles. The van der Waals surface area contributed by atoms with E-state index in [1.165, 1.54) is 12.1 Å². The molecule has 156 valence electrons. The normalized spacial score (nSPS) is 11.5. The Bertz CT molecular complexity index is 1350. The first-order valence-corrected chi connectivity index (χ1v) is 11.7. The summed E-state index contributed by atoms with van der Waals surface area (Å²) in [6, 6.07) is 20.2. The van der Waals surface area contributed by atoms with Gasteiger partial charge in [-0.25, -0.2) is 16.8 Å². The number of rotatable bonds is 2. The Hall–Kier alpha value is -1.52. The van der Waals surface area contributed by atoms with E-state index < -0.39 is 20.2 Å². The molecule has 31 heavy (non-hydrogen) atoms. The molecule has 0 fully saturated rings. The van der Waals surface area contributed by atoms with Gasteiger partial charge in [0.25, 0.3) is 0 Å². The first kappa shape index (κ1) is 25.7. The third kappa shape index (κ3) is 6.26. The van der Waals surface area contributed by atoms with Crippen LogP contribution in [0.1, 0.15) is 11.1 Å². The smallest absolute Gasteiger partial charge is 0.744 e. The first-order valence-electron chi connectivity index (χ1n) is 8.87. The van der Waals surface area contributed by atoms with Gasteiger partial charge in [0, 0.05) is 0 Å². The van der Waals surface area contributed by atoms with Crippen molar-refractivity contribution >= 4 is 79.5 Å². The zero-order valence-corrected chi connectivity index (χ0v) is 20.7. The van der Waals surface area contributed by atoms with Gasteiger partial charge < -0.3 is 9.11 Å². The summed E-state index contributed by atoms with van der Waals surface area (Å²) in [5.74, 6) is 0. The van der Waals surface area contributed by atoms with Gasteiger partial charge in [-0.1, -0.05) is 71.8 Å².